The Morgan fingerprint density at radius 1 is 0.840 bits per heavy atom. The van der Waals surface area contributed by atoms with Crippen LogP contribution in [0.4, 0.5) is 17.3 Å². The molecular formula is C19H16N6. The molecule has 3 heterocycles. The van der Waals surface area contributed by atoms with Gasteiger partial charge < -0.3 is 10.6 Å². The Kier molecular flexibility index (Phi) is 4.16. The summed E-state index contributed by atoms with van der Waals surface area (Å²) in [4.78, 5) is 17.1. The third kappa shape index (κ3) is 3.53. The standard InChI is InChI=1S/C19H16N6/c1-5-15-6-3-9-21-19(15)16(7-1)25-18-10-17(23-13-24-18)22-12-14-4-2-8-20-11-14/h1-11,13H,12H2,(H2,22,23,24,25). The number of hydrogen-bond acceptors (Lipinski definition) is 6. The molecule has 4 aromatic rings. The van der Waals surface area contributed by atoms with Crippen LogP contribution in [0.3, 0.4) is 0 Å². The van der Waals surface area contributed by atoms with Crippen molar-refractivity contribution in [2.45, 2.75) is 6.54 Å². The van der Waals surface area contributed by atoms with Gasteiger partial charge in [0.25, 0.3) is 0 Å². The SMILES string of the molecule is c1cncc(CNc2cc(Nc3cccc4cccnc34)ncn2)c1. The Balaban J connectivity index is 1.53. The van der Waals surface area contributed by atoms with Crippen LogP contribution < -0.4 is 10.6 Å². The van der Waals surface area contributed by atoms with Crippen LogP contribution in [0.25, 0.3) is 10.9 Å². The lowest BCUT2D eigenvalue weighted by Crippen LogP contribution is -2.03. The summed E-state index contributed by atoms with van der Waals surface area (Å²) < 4.78 is 0. The Labute approximate surface area is 145 Å². The summed E-state index contributed by atoms with van der Waals surface area (Å²) in [5.74, 6) is 1.45. The number of benzene rings is 1. The van der Waals surface area contributed by atoms with Crippen molar-refractivity contribution < 1.29 is 0 Å². The molecule has 0 aliphatic rings. The van der Waals surface area contributed by atoms with Gasteiger partial charge in [-0.15, -0.1) is 0 Å². The van der Waals surface area contributed by atoms with Crippen LogP contribution in [0.2, 0.25) is 0 Å². The number of fused-ring (bicyclic) bond motifs is 1. The first-order chi connectivity index (χ1) is 12.4. The lowest BCUT2D eigenvalue weighted by atomic mass is 10.2. The Morgan fingerprint density at radius 2 is 1.72 bits per heavy atom. The lowest BCUT2D eigenvalue weighted by Gasteiger charge is -2.10. The van der Waals surface area contributed by atoms with Gasteiger partial charge in [0.05, 0.1) is 11.2 Å². The van der Waals surface area contributed by atoms with Crippen molar-refractivity contribution in [1.82, 2.24) is 19.9 Å². The van der Waals surface area contributed by atoms with Crippen molar-refractivity contribution in [2.24, 2.45) is 0 Å². The van der Waals surface area contributed by atoms with Gasteiger partial charge in [0, 0.05) is 36.6 Å². The number of anilines is 3. The largest absolute Gasteiger partial charge is 0.366 e. The number of nitrogens with one attached hydrogen (secondary N) is 2. The average molecular weight is 328 g/mol. The molecule has 0 atom stereocenters. The van der Waals surface area contributed by atoms with Crippen LogP contribution in [-0.4, -0.2) is 19.9 Å². The van der Waals surface area contributed by atoms with E-state index < -0.39 is 0 Å². The van der Waals surface area contributed by atoms with Crippen LogP contribution in [-0.2, 0) is 6.54 Å². The molecule has 0 aliphatic heterocycles. The molecule has 0 bridgehead atoms. The summed E-state index contributed by atoms with van der Waals surface area (Å²) in [5, 5.41) is 7.68. The first kappa shape index (κ1) is 15.0. The number of pyridine rings is 2. The monoisotopic (exact) mass is 328 g/mol. The number of para-hydroxylation sites is 1. The predicted molar refractivity (Wildman–Crippen MR) is 98.6 cm³/mol. The van der Waals surface area contributed by atoms with Crippen molar-refractivity contribution in [3.63, 3.8) is 0 Å². The highest BCUT2D eigenvalue weighted by Gasteiger charge is 2.04. The molecule has 0 aliphatic carbocycles. The zero-order valence-corrected chi connectivity index (χ0v) is 13.4. The van der Waals surface area contributed by atoms with E-state index in [1.165, 1.54) is 6.33 Å². The van der Waals surface area contributed by atoms with E-state index in [-0.39, 0.29) is 0 Å². The summed E-state index contributed by atoms with van der Waals surface area (Å²) in [6.07, 6.45) is 6.91. The summed E-state index contributed by atoms with van der Waals surface area (Å²) in [7, 11) is 0. The van der Waals surface area contributed by atoms with Crippen molar-refractivity contribution in [3.8, 4) is 0 Å². The fourth-order valence-electron chi connectivity index (χ4n) is 2.56. The van der Waals surface area contributed by atoms with E-state index in [1.54, 1.807) is 12.4 Å². The fourth-order valence-corrected chi connectivity index (χ4v) is 2.56. The molecule has 0 saturated heterocycles. The maximum atomic E-state index is 4.45. The van der Waals surface area contributed by atoms with E-state index >= 15 is 0 Å². The topological polar surface area (TPSA) is 75.6 Å². The second kappa shape index (κ2) is 6.92. The molecule has 0 radical (unpaired) electrons. The van der Waals surface area contributed by atoms with Crippen LogP contribution in [0, 0.1) is 0 Å². The van der Waals surface area contributed by atoms with Gasteiger partial charge in [-0.1, -0.05) is 24.3 Å². The summed E-state index contributed by atoms with van der Waals surface area (Å²) in [6.45, 7) is 0.653. The van der Waals surface area contributed by atoms with Crippen LogP contribution in [0.1, 0.15) is 5.56 Å². The first-order valence-corrected chi connectivity index (χ1v) is 7.94. The maximum absolute atomic E-state index is 4.45. The number of aromatic nitrogens is 4. The van der Waals surface area contributed by atoms with E-state index in [1.807, 2.05) is 54.7 Å². The highest BCUT2D eigenvalue weighted by Crippen LogP contribution is 2.24. The fraction of sp³-hybridized carbons (Fsp3) is 0.0526. The minimum absolute atomic E-state index is 0.653. The smallest absolute Gasteiger partial charge is 0.135 e. The van der Waals surface area contributed by atoms with Gasteiger partial charge in [-0.2, -0.15) is 0 Å². The molecule has 122 valence electrons. The third-order valence-electron chi connectivity index (χ3n) is 3.76. The molecule has 0 spiro atoms. The van der Waals surface area contributed by atoms with Gasteiger partial charge in [-0.3, -0.25) is 9.97 Å². The van der Waals surface area contributed by atoms with Crippen molar-refractivity contribution in [3.05, 3.63) is 79.0 Å². The second-order valence-corrected chi connectivity index (χ2v) is 5.51. The quantitative estimate of drug-likeness (QED) is 0.581. The van der Waals surface area contributed by atoms with Crippen LogP contribution >= 0.6 is 0 Å². The van der Waals surface area contributed by atoms with Crippen molar-refractivity contribution >= 4 is 28.2 Å². The molecule has 0 unspecified atom stereocenters. The normalized spacial score (nSPS) is 10.6. The number of nitrogens with zero attached hydrogens (tertiary/aromatic N) is 4. The summed E-state index contributed by atoms with van der Waals surface area (Å²) >= 11 is 0. The number of rotatable bonds is 5. The number of hydrogen-bond donors (Lipinski definition) is 2. The van der Waals surface area contributed by atoms with Crippen LogP contribution in [0.15, 0.2) is 73.4 Å². The third-order valence-corrected chi connectivity index (χ3v) is 3.76. The van der Waals surface area contributed by atoms with Crippen molar-refractivity contribution in [1.29, 1.82) is 0 Å². The molecule has 6 heteroatoms. The molecule has 6 nitrogen and oxygen atoms in total. The molecule has 1 aromatic carbocycles. The van der Waals surface area contributed by atoms with Gasteiger partial charge in [-0.25, -0.2) is 9.97 Å². The second-order valence-electron chi connectivity index (χ2n) is 5.51. The highest BCUT2D eigenvalue weighted by molar-refractivity contribution is 5.91. The van der Waals surface area contributed by atoms with Gasteiger partial charge in [0.15, 0.2) is 0 Å². The summed E-state index contributed by atoms with van der Waals surface area (Å²) in [5.41, 5.74) is 2.91. The molecule has 0 amide bonds. The van der Waals surface area contributed by atoms with Gasteiger partial charge >= 0.3 is 0 Å². The molecule has 4 rings (SSSR count). The minimum atomic E-state index is 0.653. The predicted octanol–water partition coefficient (Wildman–Crippen LogP) is 3.78. The Morgan fingerprint density at radius 3 is 2.64 bits per heavy atom. The Bertz CT molecular complexity index is 982. The molecule has 2 N–H and O–H groups in total. The lowest BCUT2D eigenvalue weighted by molar-refractivity contribution is 1.07. The van der Waals surface area contributed by atoms with E-state index in [4.69, 9.17) is 0 Å². The molecule has 25 heavy (non-hydrogen) atoms. The molecule has 0 fully saturated rings. The van der Waals surface area contributed by atoms with E-state index in [0.717, 1.165) is 28.0 Å². The minimum Gasteiger partial charge on any atom is -0.366 e. The maximum Gasteiger partial charge on any atom is 0.135 e. The van der Waals surface area contributed by atoms with E-state index in [9.17, 15) is 0 Å². The van der Waals surface area contributed by atoms with Gasteiger partial charge in [-0.05, 0) is 23.8 Å². The van der Waals surface area contributed by atoms with E-state index in [2.05, 4.69) is 30.6 Å². The molecule has 0 saturated carbocycles. The zero-order valence-electron chi connectivity index (χ0n) is 13.4. The average Bonchev–Trinajstić information content (AvgIpc) is 2.68. The Hall–Kier alpha value is -3.54. The van der Waals surface area contributed by atoms with Gasteiger partial charge in [0.1, 0.15) is 18.0 Å². The molecular weight excluding hydrogens is 312 g/mol. The van der Waals surface area contributed by atoms with E-state index in [0.29, 0.717) is 12.4 Å². The highest BCUT2D eigenvalue weighted by atomic mass is 15.1. The van der Waals surface area contributed by atoms with Gasteiger partial charge in [0.2, 0.25) is 0 Å². The van der Waals surface area contributed by atoms with Crippen LogP contribution in [0.5, 0.6) is 0 Å². The molecule has 3 aromatic heterocycles. The van der Waals surface area contributed by atoms with Crippen molar-refractivity contribution in [2.75, 3.05) is 10.6 Å². The zero-order chi connectivity index (χ0) is 16.9. The first-order valence-electron chi connectivity index (χ1n) is 7.94. The summed E-state index contributed by atoms with van der Waals surface area (Å²) in [6, 6.07) is 15.8.